The van der Waals surface area contributed by atoms with Crippen LogP contribution in [0.15, 0.2) is 24.3 Å². The van der Waals surface area contributed by atoms with Crippen LogP contribution in [-0.2, 0) is 11.8 Å². The topological polar surface area (TPSA) is 69.9 Å². The number of Topliss-reactive ketones (excluding diaryl/α,β-unsaturated/α-hetero) is 1. The standard InChI is InChI=1S/C22H26N4O2/c1-13(18-7-5-6-15(3)23-18)10-17(27)12-28-19-11-14(2)20-21(16-8-9-16)25-26(4)22(20)24-19/h5-7,11,13,16H,8-10,12H2,1-4H3. The van der Waals surface area contributed by atoms with Gasteiger partial charge in [0.05, 0.1) is 5.69 Å². The molecule has 0 N–H and O–H groups in total. The summed E-state index contributed by atoms with van der Waals surface area (Å²) in [5.74, 6) is 1.14. The first-order chi connectivity index (χ1) is 13.4. The lowest BCUT2D eigenvalue weighted by Crippen LogP contribution is -2.15. The van der Waals surface area contributed by atoms with Crippen LogP contribution in [0.3, 0.4) is 0 Å². The Morgan fingerprint density at radius 1 is 1.29 bits per heavy atom. The predicted molar refractivity (Wildman–Crippen MR) is 108 cm³/mol. The number of carbonyl (C=O) groups is 1. The number of aromatic nitrogens is 4. The Morgan fingerprint density at radius 2 is 2.07 bits per heavy atom. The molecule has 0 aromatic carbocycles. The van der Waals surface area contributed by atoms with Crippen LogP contribution in [0, 0.1) is 13.8 Å². The van der Waals surface area contributed by atoms with Gasteiger partial charge in [-0.05, 0) is 44.4 Å². The second-order valence-electron chi connectivity index (χ2n) is 7.90. The summed E-state index contributed by atoms with van der Waals surface area (Å²) < 4.78 is 7.55. The Bertz CT molecular complexity index is 1040. The predicted octanol–water partition coefficient (Wildman–Crippen LogP) is 4.00. The number of rotatable bonds is 7. The molecule has 4 rings (SSSR count). The number of fused-ring (bicyclic) bond motifs is 1. The van der Waals surface area contributed by atoms with Crippen molar-refractivity contribution in [3.05, 3.63) is 46.9 Å². The highest BCUT2D eigenvalue weighted by atomic mass is 16.5. The quantitative estimate of drug-likeness (QED) is 0.621. The van der Waals surface area contributed by atoms with Crippen molar-refractivity contribution in [1.82, 2.24) is 19.7 Å². The molecular weight excluding hydrogens is 352 g/mol. The molecule has 0 bridgehead atoms. The minimum absolute atomic E-state index is 0.0153. The van der Waals surface area contributed by atoms with E-state index in [0.29, 0.717) is 18.2 Å². The van der Waals surface area contributed by atoms with Gasteiger partial charge in [-0.2, -0.15) is 10.1 Å². The van der Waals surface area contributed by atoms with Crippen molar-refractivity contribution in [3.63, 3.8) is 0 Å². The van der Waals surface area contributed by atoms with E-state index in [-0.39, 0.29) is 18.3 Å². The molecule has 6 nitrogen and oxygen atoms in total. The van der Waals surface area contributed by atoms with Gasteiger partial charge in [0.2, 0.25) is 5.88 Å². The number of hydrogen-bond donors (Lipinski definition) is 0. The highest BCUT2D eigenvalue weighted by molar-refractivity contribution is 5.84. The van der Waals surface area contributed by atoms with Crippen molar-refractivity contribution in [2.75, 3.05) is 6.61 Å². The number of ether oxygens (including phenoxy) is 1. The lowest BCUT2D eigenvalue weighted by molar-refractivity contribution is -0.121. The molecule has 28 heavy (non-hydrogen) atoms. The van der Waals surface area contributed by atoms with Gasteiger partial charge in [0, 0.05) is 48.1 Å². The molecule has 146 valence electrons. The molecule has 3 heterocycles. The summed E-state index contributed by atoms with van der Waals surface area (Å²) in [6, 6.07) is 7.80. The van der Waals surface area contributed by atoms with Crippen LogP contribution in [0.1, 0.15) is 60.7 Å². The van der Waals surface area contributed by atoms with E-state index in [4.69, 9.17) is 4.74 Å². The second-order valence-corrected chi connectivity index (χ2v) is 7.90. The Morgan fingerprint density at radius 3 is 2.79 bits per heavy atom. The fourth-order valence-corrected chi connectivity index (χ4v) is 3.65. The van der Waals surface area contributed by atoms with Crippen molar-refractivity contribution in [3.8, 4) is 5.88 Å². The smallest absolute Gasteiger partial charge is 0.215 e. The zero-order valence-corrected chi connectivity index (χ0v) is 16.9. The fourth-order valence-electron chi connectivity index (χ4n) is 3.65. The Kier molecular flexibility index (Phi) is 4.87. The first kappa shape index (κ1) is 18.6. The van der Waals surface area contributed by atoms with Crippen molar-refractivity contribution in [2.45, 2.75) is 51.9 Å². The molecule has 1 unspecified atom stereocenters. The maximum Gasteiger partial charge on any atom is 0.215 e. The van der Waals surface area contributed by atoms with Crippen LogP contribution in [0.5, 0.6) is 5.88 Å². The largest absolute Gasteiger partial charge is 0.470 e. The van der Waals surface area contributed by atoms with Gasteiger partial charge < -0.3 is 4.74 Å². The van der Waals surface area contributed by atoms with E-state index >= 15 is 0 Å². The molecule has 0 aliphatic heterocycles. The van der Waals surface area contributed by atoms with Crippen molar-refractivity contribution >= 4 is 16.8 Å². The Hall–Kier alpha value is -2.76. The van der Waals surface area contributed by atoms with Gasteiger partial charge in [0.15, 0.2) is 11.4 Å². The summed E-state index contributed by atoms with van der Waals surface area (Å²) in [5.41, 5.74) is 4.96. The van der Waals surface area contributed by atoms with Crippen molar-refractivity contribution < 1.29 is 9.53 Å². The average Bonchev–Trinajstić information content (AvgIpc) is 3.44. The molecule has 3 aromatic heterocycles. The van der Waals surface area contributed by atoms with E-state index in [2.05, 4.69) is 22.0 Å². The molecule has 6 heteroatoms. The average molecular weight is 378 g/mol. The number of nitrogens with zero attached hydrogens (tertiary/aromatic N) is 4. The lowest BCUT2D eigenvalue weighted by atomic mass is 10.0. The maximum absolute atomic E-state index is 12.4. The first-order valence-corrected chi connectivity index (χ1v) is 9.84. The van der Waals surface area contributed by atoms with Crippen molar-refractivity contribution in [2.24, 2.45) is 7.05 Å². The van der Waals surface area contributed by atoms with E-state index in [1.165, 1.54) is 12.8 Å². The number of hydrogen-bond acceptors (Lipinski definition) is 5. The molecule has 1 aliphatic carbocycles. The zero-order valence-electron chi connectivity index (χ0n) is 16.9. The van der Waals surface area contributed by atoms with E-state index in [0.717, 1.165) is 33.7 Å². The summed E-state index contributed by atoms with van der Waals surface area (Å²) in [6.45, 7) is 6.04. The van der Waals surface area contributed by atoms with E-state index < -0.39 is 0 Å². The van der Waals surface area contributed by atoms with Crippen LogP contribution in [0.4, 0.5) is 0 Å². The van der Waals surface area contributed by atoms with E-state index in [1.54, 1.807) is 0 Å². The van der Waals surface area contributed by atoms with Gasteiger partial charge in [-0.1, -0.05) is 13.0 Å². The third-order valence-electron chi connectivity index (χ3n) is 5.29. The van der Waals surface area contributed by atoms with E-state index in [9.17, 15) is 4.79 Å². The van der Waals surface area contributed by atoms with Gasteiger partial charge in [-0.15, -0.1) is 0 Å². The summed E-state index contributed by atoms with van der Waals surface area (Å²) in [7, 11) is 1.91. The number of ketones is 1. The Labute approximate surface area is 165 Å². The van der Waals surface area contributed by atoms with Gasteiger partial charge in [0.25, 0.3) is 0 Å². The monoisotopic (exact) mass is 378 g/mol. The van der Waals surface area contributed by atoms with Crippen molar-refractivity contribution in [1.29, 1.82) is 0 Å². The number of carbonyl (C=O) groups excluding carboxylic acids is 1. The number of aryl methyl sites for hydroxylation is 3. The van der Waals surface area contributed by atoms with Crippen LogP contribution >= 0.6 is 0 Å². The van der Waals surface area contributed by atoms with Gasteiger partial charge >= 0.3 is 0 Å². The second kappa shape index (κ2) is 7.34. The summed E-state index contributed by atoms with van der Waals surface area (Å²) in [4.78, 5) is 21.5. The molecule has 0 radical (unpaired) electrons. The van der Waals surface area contributed by atoms with Crippen LogP contribution in [-0.4, -0.2) is 32.1 Å². The van der Waals surface area contributed by atoms with Crippen LogP contribution in [0.2, 0.25) is 0 Å². The van der Waals surface area contributed by atoms with E-state index in [1.807, 2.05) is 49.8 Å². The molecule has 1 aliphatic rings. The molecule has 0 amide bonds. The minimum atomic E-state index is 0.0153. The normalized spacial score (nSPS) is 15.0. The van der Waals surface area contributed by atoms with Gasteiger partial charge in [-0.25, -0.2) is 0 Å². The lowest BCUT2D eigenvalue weighted by Gasteiger charge is -2.11. The van der Waals surface area contributed by atoms with Crippen LogP contribution < -0.4 is 4.74 Å². The van der Waals surface area contributed by atoms with Crippen LogP contribution in [0.25, 0.3) is 11.0 Å². The SMILES string of the molecule is Cc1cccc(C(C)CC(=O)COc2cc(C)c3c(C4CC4)nn(C)c3n2)n1. The Balaban J connectivity index is 1.43. The summed E-state index contributed by atoms with van der Waals surface area (Å²) in [5, 5.41) is 5.78. The third kappa shape index (κ3) is 3.77. The van der Waals surface area contributed by atoms with Gasteiger partial charge in [-0.3, -0.25) is 14.5 Å². The number of pyridine rings is 2. The van der Waals surface area contributed by atoms with Gasteiger partial charge in [0.1, 0.15) is 6.61 Å². The highest BCUT2D eigenvalue weighted by Crippen LogP contribution is 2.43. The molecule has 0 spiro atoms. The first-order valence-electron chi connectivity index (χ1n) is 9.84. The summed E-state index contributed by atoms with van der Waals surface area (Å²) in [6.07, 6.45) is 2.80. The summed E-state index contributed by atoms with van der Waals surface area (Å²) >= 11 is 0. The molecule has 1 saturated carbocycles. The molecule has 3 aromatic rings. The zero-order chi connectivity index (χ0) is 19.8. The molecule has 0 saturated heterocycles. The maximum atomic E-state index is 12.4. The molecule has 1 fully saturated rings. The minimum Gasteiger partial charge on any atom is -0.470 e. The molecule has 1 atom stereocenters. The fraction of sp³-hybridized carbons (Fsp3) is 0.455. The highest BCUT2D eigenvalue weighted by Gasteiger charge is 2.30. The molecular formula is C22H26N4O2. The third-order valence-corrected chi connectivity index (χ3v) is 5.29.